The molecule has 1 aromatic heterocycles. The maximum absolute atomic E-state index is 5.72. The minimum Gasteiger partial charge on any atom is -0.381 e. The van der Waals surface area contributed by atoms with Gasteiger partial charge in [-0.25, -0.2) is 0 Å². The Balaban J connectivity index is 1.72. The molecular formula is C11H17N3O2. The Bertz CT molecular complexity index is 371. The summed E-state index contributed by atoms with van der Waals surface area (Å²) in [5.41, 5.74) is 7.86. The number of anilines is 1. The fourth-order valence-corrected chi connectivity index (χ4v) is 2.64. The molecule has 1 aromatic rings. The molecule has 0 amide bonds. The van der Waals surface area contributed by atoms with Gasteiger partial charge in [0.25, 0.3) is 0 Å². The SMILES string of the molecule is Nc1onc2c1CCN(C1CCOCC1)C2. The molecule has 2 N–H and O–H groups in total. The maximum Gasteiger partial charge on any atom is 0.225 e. The van der Waals surface area contributed by atoms with Crippen LogP contribution < -0.4 is 5.73 Å². The third-order valence-corrected chi connectivity index (χ3v) is 3.61. The molecule has 0 bridgehead atoms. The summed E-state index contributed by atoms with van der Waals surface area (Å²) in [6.45, 7) is 3.70. The number of fused-ring (bicyclic) bond motifs is 1. The summed E-state index contributed by atoms with van der Waals surface area (Å²) in [5.74, 6) is 0.502. The van der Waals surface area contributed by atoms with Crippen LogP contribution in [0.2, 0.25) is 0 Å². The van der Waals surface area contributed by atoms with Gasteiger partial charge >= 0.3 is 0 Å². The first-order chi connectivity index (χ1) is 7.84. The van der Waals surface area contributed by atoms with Crippen LogP contribution in [0.4, 0.5) is 5.88 Å². The lowest BCUT2D eigenvalue weighted by Gasteiger charge is -2.35. The van der Waals surface area contributed by atoms with E-state index in [0.717, 1.165) is 56.8 Å². The minimum absolute atomic E-state index is 0.502. The van der Waals surface area contributed by atoms with Gasteiger partial charge in [0.05, 0.1) is 0 Å². The molecule has 0 spiro atoms. The Kier molecular flexibility index (Phi) is 2.57. The fraction of sp³-hybridized carbons (Fsp3) is 0.727. The molecule has 0 atom stereocenters. The summed E-state index contributed by atoms with van der Waals surface area (Å²) >= 11 is 0. The molecule has 0 saturated carbocycles. The molecule has 0 radical (unpaired) electrons. The number of hydrogen-bond acceptors (Lipinski definition) is 5. The highest BCUT2D eigenvalue weighted by atomic mass is 16.5. The Morgan fingerprint density at radius 2 is 2.12 bits per heavy atom. The van der Waals surface area contributed by atoms with Crippen LogP contribution in [-0.2, 0) is 17.7 Å². The van der Waals surface area contributed by atoms with Crippen molar-refractivity contribution < 1.29 is 9.26 Å². The van der Waals surface area contributed by atoms with E-state index in [0.29, 0.717) is 11.9 Å². The van der Waals surface area contributed by atoms with Crippen LogP contribution in [0.15, 0.2) is 4.52 Å². The van der Waals surface area contributed by atoms with Gasteiger partial charge in [-0.1, -0.05) is 5.16 Å². The molecule has 3 rings (SSSR count). The number of nitrogens with two attached hydrogens (primary N) is 1. The number of aromatic nitrogens is 1. The number of rotatable bonds is 1. The lowest BCUT2D eigenvalue weighted by Crippen LogP contribution is -2.42. The van der Waals surface area contributed by atoms with E-state index in [2.05, 4.69) is 10.1 Å². The predicted octanol–water partition coefficient (Wildman–Crippen LogP) is 0.794. The van der Waals surface area contributed by atoms with E-state index < -0.39 is 0 Å². The van der Waals surface area contributed by atoms with E-state index in [1.54, 1.807) is 0 Å². The van der Waals surface area contributed by atoms with E-state index in [1.807, 2.05) is 0 Å². The second kappa shape index (κ2) is 4.07. The average molecular weight is 223 g/mol. The Hall–Kier alpha value is -1.07. The van der Waals surface area contributed by atoms with Gasteiger partial charge in [-0.05, 0) is 19.3 Å². The van der Waals surface area contributed by atoms with E-state index in [-0.39, 0.29) is 0 Å². The van der Waals surface area contributed by atoms with Crippen LogP contribution in [0.5, 0.6) is 0 Å². The second-order valence-corrected chi connectivity index (χ2v) is 4.54. The van der Waals surface area contributed by atoms with Crippen molar-refractivity contribution in [1.82, 2.24) is 10.1 Å². The minimum atomic E-state index is 0.502. The summed E-state index contributed by atoms with van der Waals surface area (Å²) in [6, 6.07) is 0.639. The molecule has 5 heteroatoms. The van der Waals surface area contributed by atoms with Crippen molar-refractivity contribution in [2.45, 2.75) is 31.8 Å². The van der Waals surface area contributed by atoms with Gasteiger partial charge in [0.2, 0.25) is 5.88 Å². The molecular weight excluding hydrogens is 206 g/mol. The average Bonchev–Trinajstić information content (AvgIpc) is 2.72. The highest BCUT2D eigenvalue weighted by Gasteiger charge is 2.28. The lowest BCUT2D eigenvalue weighted by molar-refractivity contribution is 0.0284. The first-order valence-corrected chi connectivity index (χ1v) is 5.89. The van der Waals surface area contributed by atoms with Crippen LogP contribution in [0.1, 0.15) is 24.1 Å². The van der Waals surface area contributed by atoms with Crippen molar-refractivity contribution in [3.8, 4) is 0 Å². The zero-order valence-corrected chi connectivity index (χ0v) is 9.32. The standard InChI is InChI=1S/C11H17N3O2/c12-11-9-1-4-14(7-10(9)13-16-11)8-2-5-15-6-3-8/h8H,1-7,12H2. The summed E-state index contributed by atoms with van der Waals surface area (Å²) in [7, 11) is 0. The summed E-state index contributed by atoms with van der Waals surface area (Å²) in [5, 5.41) is 4.03. The number of nitrogen functional groups attached to an aromatic ring is 1. The first kappa shape index (κ1) is 10.1. The highest BCUT2D eigenvalue weighted by Crippen LogP contribution is 2.26. The van der Waals surface area contributed by atoms with Gasteiger partial charge in [0.1, 0.15) is 5.69 Å². The Morgan fingerprint density at radius 1 is 1.31 bits per heavy atom. The van der Waals surface area contributed by atoms with Crippen LogP contribution in [0.3, 0.4) is 0 Å². The number of nitrogens with zero attached hydrogens (tertiary/aromatic N) is 2. The molecule has 2 aliphatic heterocycles. The Morgan fingerprint density at radius 3 is 2.94 bits per heavy atom. The molecule has 1 saturated heterocycles. The first-order valence-electron chi connectivity index (χ1n) is 5.89. The van der Waals surface area contributed by atoms with Crippen molar-refractivity contribution in [2.75, 3.05) is 25.5 Å². The molecule has 0 aliphatic carbocycles. The molecule has 5 nitrogen and oxygen atoms in total. The van der Waals surface area contributed by atoms with Crippen LogP contribution in [0.25, 0.3) is 0 Å². The van der Waals surface area contributed by atoms with Crippen molar-refractivity contribution in [1.29, 1.82) is 0 Å². The topological polar surface area (TPSA) is 64.5 Å². The van der Waals surface area contributed by atoms with Gasteiger partial charge in [-0.2, -0.15) is 0 Å². The summed E-state index contributed by atoms with van der Waals surface area (Å²) < 4.78 is 10.4. The van der Waals surface area contributed by atoms with Crippen LogP contribution in [0, 0.1) is 0 Å². The van der Waals surface area contributed by atoms with Crippen LogP contribution in [-0.4, -0.2) is 35.9 Å². The van der Waals surface area contributed by atoms with Gasteiger partial charge in [-0.15, -0.1) is 0 Å². The molecule has 0 unspecified atom stereocenters. The van der Waals surface area contributed by atoms with Gasteiger partial charge < -0.3 is 15.0 Å². The summed E-state index contributed by atoms with van der Waals surface area (Å²) in [6.07, 6.45) is 3.22. The maximum atomic E-state index is 5.72. The quantitative estimate of drug-likeness (QED) is 0.762. The third-order valence-electron chi connectivity index (χ3n) is 3.61. The zero-order valence-electron chi connectivity index (χ0n) is 9.32. The van der Waals surface area contributed by atoms with Crippen LogP contribution >= 0.6 is 0 Å². The molecule has 0 aromatic carbocycles. The van der Waals surface area contributed by atoms with E-state index in [1.165, 1.54) is 0 Å². The van der Waals surface area contributed by atoms with Gasteiger partial charge in [0.15, 0.2) is 0 Å². The second-order valence-electron chi connectivity index (χ2n) is 4.54. The van der Waals surface area contributed by atoms with Crippen molar-refractivity contribution in [2.24, 2.45) is 0 Å². The molecule has 3 heterocycles. The van der Waals surface area contributed by atoms with Crippen molar-refractivity contribution >= 4 is 5.88 Å². The van der Waals surface area contributed by atoms with E-state index in [4.69, 9.17) is 15.0 Å². The predicted molar refractivity (Wildman–Crippen MR) is 58.9 cm³/mol. The highest BCUT2D eigenvalue weighted by molar-refractivity contribution is 5.40. The Labute approximate surface area is 94.5 Å². The van der Waals surface area contributed by atoms with E-state index in [9.17, 15) is 0 Å². The molecule has 88 valence electrons. The van der Waals surface area contributed by atoms with E-state index >= 15 is 0 Å². The largest absolute Gasteiger partial charge is 0.381 e. The summed E-state index contributed by atoms with van der Waals surface area (Å²) in [4.78, 5) is 2.48. The van der Waals surface area contributed by atoms with Crippen molar-refractivity contribution in [3.63, 3.8) is 0 Å². The number of ether oxygens (including phenoxy) is 1. The molecule has 16 heavy (non-hydrogen) atoms. The molecule has 1 fully saturated rings. The van der Waals surface area contributed by atoms with Gasteiger partial charge in [0, 0.05) is 37.9 Å². The third kappa shape index (κ3) is 1.70. The van der Waals surface area contributed by atoms with Gasteiger partial charge in [-0.3, -0.25) is 4.90 Å². The normalized spacial score (nSPS) is 23.2. The zero-order chi connectivity index (χ0) is 11.0. The number of hydrogen-bond donors (Lipinski definition) is 1. The monoisotopic (exact) mass is 223 g/mol. The lowest BCUT2D eigenvalue weighted by atomic mass is 10.0. The fourth-order valence-electron chi connectivity index (χ4n) is 2.64. The van der Waals surface area contributed by atoms with Crippen molar-refractivity contribution in [3.05, 3.63) is 11.3 Å². The molecule has 2 aliphatic rings. The smallest absolute Gasteiger partial charge is 0.225 e.